The van der Waals surface area contributed by atoms with Gasteiger partial charge in [-0.1, -0.05) is 18.2 Å². The topological polar surface area (TPSA) is 115 Å². The lowest BCUT2D eigenvalue weighted by atomic mass is 9.97. The van der Waals surface area contributed by atoms with Crippen molar-refractivity contribution >= 4 is 11.7 Å². The molecule has 1 aliphatic heterocycles. The average Bonchev–Trinajstić information content (AvgIpc) is 2.96. The molecule has 2 aliphatic rings. The van der Waals surface area contributed by atoms with Crippen molar-refractivity contribution in [2.45, 2.75) is 30.0 Å². The maximum Gasteiger partial charge on any atom is 0.290 e. The fourth-order valence-corrected chi connectivity index (χ4v) is 2.62. The molecule has 7 nitrogen and oxygen atoms in total. The molecule has 0 saturated heterocycles. The van der Waals surface area contributed by atoms with E-state index in [1.807, 2.05) is 30.3 Å². The first-order valence-corrected chi connectivity index (χ1v) is 6.32. The molecule has 7 heteroatoms. The van der Waals surface area contributed by atoms with Gasteiger partial charge in [-0.25, -0.2) is 4.99 Å². The molecule has 0 spiro atoms. The molecule has 0 aromatic heterocycles. The van der Waals surface area contributed by atoms with E-state index in [-0.39, 0.29) is 6.02 Å². The Hall–Kier alpha value is -1.67. The van der Waals surface area contributed by atoms with Gasteiger partial charge in [-0.2, -0.15) is 0 Å². The molecule has 1 aromatic carbocycles. The number of rotatable bonds is 2. The number of nitrogens with one attached hydrogen (secondary N) is 1. The number of fused-ring (bicyclic) bond motifs is 1. The number of benzene rings is 1. The number of nitrogens with zero attached hydrogens (tertiary/aromatic N) is 1. The number of hydrogen-bond donors (Lipinski definition) is 5. The van der Waals surface area contributed by atoms with Crippen LogP contribution in [0.5, 0.6) is 0 Å². The zero-order valence-electron chi connectivity index (χ0n) is 10.5. The highest BCUT2D eigenvalue weighted by Crippen LogP contribution is 2.38. The highest BCUT2D eigenvalue weighted by Gasteiger charge is 2.63. The van der Waals surface area contributed by atoms with Gasteiger partial charge in [0.1, 0.15) is 23.9 Å². The van der Waals surface area contributed by atoms with Crippen molar-refractivity contribution < 1.29 is 25.2 Å². The Labute approximate surface area is 115 Å². The van der Waals surface area contributed by atoms with Crippen molar-refractivity contribution in [3.05, 3.63) is 30.3 Å². The summed E-state index contributed by atoms with van der Waals surface area (Å²) in [5.41, 5.74) is -1.15. The van der Waals surface area contributed by atoms with Crippen LogP contribution in [0.4, 0.5) is 5.69 Å². The number of ether oxygens (including phenoxy) is 1. The van der Waals surface area contributed by atoms with Crippen LogP contribution in [0.15, 0.2) is 35.3 Å². The second-order valence-corrected chi connectivity index (χ2v) is 5.04. The van der Waals surface area contributed by atoms with Crippen LogP contribution in [0.25, 0.3) is 0 Å². The summed E-state index contributed by atoms with van der Waals surface area (Å²) in [5.74, 6) is 0. The van der Waals surface area contributed by atoms with Gasteiger partial charge in [0.05, 0.1) is 6.61 Å². The van der Waals surface area contributed by atoms with E-state index in [2.05, 4.69) is 10.3 Å². The number of aliphatic hydroxyl groups is 4. The number of hydrogen-bond acceptors (Lipinski definition) is 7. The van der Waals surface area contributed by atoms with E-state index in [1.165, 1.54) is 0 Å². The average molecular weight is 280 g/mol. The fourth-order valence-electron chi connectivity index (χ4n) is 2.62. The first kappa shape index (κ1) is 13.3. The number of amidine groups is 1. The lowest BCUT2D eigenvalue weighted by Gasteiger charge is -2.27. The summed E-state index contributed by atoms with van der Waals surface area (Å²) in [4.78, 5) is 4.12. The smallest absolute Gasteiger partial charge is 0.290 e. The van der Waals surface area contributed by atoms with Crippen molar-refractivity contribution in [1.82, 2.24) is 0 Å². The number of aliphatic imine (C=N–C) groups is 1. The van der Waals surface area contributed by atoms with Crippen LogP contribution in [-0.2, 0) is 4.74 Å². The molecule has 1 saturated carbocycles. The Kier molecular flexibility index (Phi) is 3.14. The molecule has 1 fully saturated rings. The van der Waals surface area contributed by atoms with Crippen LogP contribution in [-0.4, -0.2) is 63.0 Å². The molecule has 3 rings (SSSR count). The highest BCUT2D eigenvalue weighted by atomic mass is 16.5. The zero-order chi connectivity index (χ0) is 14.3. The summed E-state index contributed by atoms with van der Waals surface area (Å²) in [6.07, 6.45) is -3.69. The molecule has 1 heterocycles. The summed E-state index contributed by atoms with van der Waals surface area (Å²) in [7, 11) is 0. The molecule has 20 heavy (non-hydrogen) atoms. The third-order valence-electron chi connectivity index (χ3n) is 3.78. The summed E-state index contributed by atoms with van der Waals surface area (Å²) in [5, 5.41) is 42.0. The van der Waals surface area contributed by atoms with Crippen LogP contribution in [0, 0.1) is 0 Å². The van der Waals surface area contributed by atoms with E-state index in [9.17, 15) is 20.4 Å². The van der Waals surface area contributed by atoms with Crippen molar-refractivity contribution in [2.75, 3.05) is 11.9 Å². The fraction of sp³-hybridized carbons (Fsp3) is 0.462. The van der Waals surface area contributed by atoms with E-state index < -0.39 is 36.6 Å². The number of aliphatic hydroxyl groups excluding tert-OH is 3. The van der Waals surface area contributed by atoms with Crippen molar-refractivity contribution in [3.8, 4) is 0 Å². The second kappa shape index (κ2) is 4.71. The number of para-hydroxylation sites is 1. The second-order valence-electron chi connectivity index (χ2n) is 5.04. The molecule has 1 aliphatic carbocycles. The molecule has 108 valence electrons. The van der Waals surface area contributed by atoms with E-state index in [0.717, 1.165) is 5.69 Å². The van der Waals surface area contributed by atoms with Crippen LogP contribution >= 0.6 is 0 Å². The molecule has 0 unspecified atom stereocenters. The molecule has 0 radical (unpaired) electrons. The minimum Gasteiger partial charge on any atom is -0.456 e. The standard InChI is InChI=1S/C13H16N2O5/c16-6-13(19)10-9(8(17)11(13)18)20-12(15-10)14-7-4-2-1-3-5-7/h1-5,8-11,16-19H,6H2,(H,14,15)/t8-,9-,10-,11+,13+/m1/s1. The third kappa shape index (κ3) is 1.87. The maximum absolute atomic E-state index is 10.2. The maximum atomic E-state index is 10.2. The summed E-state index contributed by atoms with van der Waals surface area (Å²) < 4.78 is 5.43. The normalized spacial score (nSPS) is 39.1. The summed E-state index contributed by atoms with van der Waals surface area (Å²) in [6, 6.07) is 8.38. The van der Waals surface area contributed by atoms with E-state index in [4.69, 9.17) is 4.74 Å². The van der Waals surface area contributed by atoms with Crippen molar-refractivity contribution in [3.63, 3.8) is 0 Å². The van der Waals surface area contributed by atoms with Gasteiger partial charge in [0.15, 0.2) is 6.10 Å². The van der Waals surface area contributed by atoms with Gasteiger partial charge < -0.3 is 30.5 Å². The monoisotopic (exact) mass is 280 g/mol. The van der Waals surface area contributed by atoms with E-state index in [0.29, 0.717) is 0 Å². The largest absolute Gasteiger partial charge is 0.456 e. The number of anilines is 1. The van der Waals surface area contributed by atoms with Crippen LogP contribution < -0.4 is 5.32 Å². The van der Waals surface area contributed by atoms with E-state index >= 15 is 0 Å². The Balaban J connectivity index is 1.82. The first-order valence-electron chi connectivity index (χ1n) is 6.32. The molecule has 0 bridgehead atoms. The van der Waals surface area contributed by atoms with Crippen LogP contribution in [0.1, 0.15) is 0 Å². The quantitative estimate of drug-likeness (QED) is 0.459. The van der Waals surface area contributed by atoms with Crippen LogP contribution in [0.3, 0.4) is 0 Å². The molecule has 5 N–H and O–H groups in total. The van der Waals surface area contributed by atoms with Gasteiger partial charge >= 0.3 is 0 Å². The van der Waals surface area contributed by atoms with Crippen molar-refractivity contribution in [2.24, 2.45) is 4.99 Å². The Morgan fingerprint density at radius 2 is 1.95 bits per heavy atom. The minimum atomic E-state index is -1.90. The van der Waals surface area contributed by atoms with Gasteiger partial charge in [0.25, 0.3) is 6.02 Å². The zero-order valence-corrected chi connectivity index (χ0v) is 10.5. The Bertz CT molecular complexity index is 523. The first-order chi connectivity index (χ1) is 9.56. The lowest BCUT2D eigenvalue weighted by molar-refractivity contribution is -0.117. The van der Waals surface area contributed by atoms with Gasteiger partial charge in [-0.05, 0) is 12.1 Å². The predicted octanol–water partition coefficient (Wildman–Crippen LogP) is -1.32. The minimum absolute atomic E-state index is 0.143. The molecule has 0 amide bonds. The molecule has 5 atom stereocenters. The summed E-state index contributed by atoms with van der Waals surface area (Å²) >= 11 is 0. The lowest BCUT2D eigenvalue weighted by Crippen LogP contribution is -2.50. The van der Waals surface area contributed by atoms with Crippen molar-refractivity contribution in [1.29, 1.82) is 0 Å². The molecule has 1 aromatic rings. The Morgan fingerprint density at radius 3 is 2.60 bits per heavy atom. The molecular formula is C13H16N2O5. The van der Waals surface area contributed by atoms with E-state index in [1.54, 1.807) is 0 Å². The van der Waals surface area contributed by atoms with Gasteiger partial charge in [-0.3, -0.25) is 0 Å². The SMILES string of the molecule is OC[C@]1(O)[C@@H]2N=C(Nc3ccccc3)O[C@@H]2[C@@H](O)[C@@H]1O. The predicted molar refractivity (Wildman–Crippen MR) is 70.2 cm³/mol. The Morgan fingerprint density at radius 1 is 1.25 bits per heavy atom. The highest BCUT2D eigenvalue weighted by molar-refractivity contribution is 5.90. The van der Waals surface area contributed by atoms with Gasteiger partial charge in [0.2, 0.25) is 0 Å². The van der Waals surface area contributed by atoms with Gasteiger partial charge in [0, 0.05) is 5.69 Å². The molecular weight excluding hydrogens is 264 g/mol. The van der Waals surface area contributed by atoms with Gasteiger partial charge in [-0.15, -0.1) is 0 Å². The van der Waals surface area contributed by atoms with Crippen LogP contribution in [0.2, 0.25) is 0 Å². The summed E-state index contributed by atoms with van der Waals surface area (Å²) in [6.45, 7) is -0.710. The third-order valence-corrected chi connectivity index (χ3v) is 3.78.